The van der Waals surface area contributed by atoms with Crippen LogP contribution in [0.3, 0.4) is 0 Å². The third-order valence-electron chi connectivity index (χ3n) is 1.08. The predicted molar refractivity (Wildman–Crippen MR) is 44.8 cm³/mol. The van der Waals surface area contributed by atoms with Crippen molar-refractivity contribution in [2.75, 3.05) is 0 Å². The van der Waals surface area contributed by atoms with Crippen molar-refractivity contribution in [3.8, 4) is 0 Å². The van der Waals surface area contributed by atoms with Crippen molar-refractivity contribution in [3.05, 3.63) is 15.0 Å². The van der Waals surface area contributed by atoms with Crippen LogP contribution in [-0.4, -0.2) is 4.98 Å². The van der Waals surface area contributed by atoms with Crippen LogP contribution in [0.15, 0.2) is 0 Å². The van der Waals surface area contributed by atoms with E-state index in [0.717, 1.165) is 11.3 Å². The van der Waals surface area contributed by atoms with Gasteiger partial charge >= 0.3 is 6.18 Å². The Morgan fingerprint density at radius 2 is 2.08 bits per heavy atom. The van der Waals surface area contributed by atoms with Gasteiger partial charge in [-0.25, -0.2) is 4.98 Å². The molecule has 1 nitrogen and oxygen atoms in total. The van der Waals surface area contributed by atoms with Crippen LogP contribution >= 0.6 is 35.6 Å². The van der Waals surface area contributed by atoms with Crippen LogP contribution in [0.1, 0.15) is 10.6 Å². The van der Waals surface area contributed by atoms with E-state index in [-0.39, 0.29) is 15.1 Å². The van der Waals surface area contributed by atoms with E-state index in [0.29, 0.717) is 0 Å². The van der Waals surface area contributed by atoms with Gasteiger partial charge in [-0.15, -0.1) is 11.3 Å². The number of alkyl halides is 3. The van der Waals surface area contributed by atoms with E-state index in [9.17, 15) is 13.2 Å². The van der Waals surface area contributed by atoms with Crippen LogP contribution in [-0.2, 0) is 11.9 Å². The quantitative estimate of drug-likeness (QED) is 0.735. The van der Waals surface area contributed by atoms with Crippen LogP contribution in [0.5, 0.6) is 0 Å². The minimum atomic E-state index is -4.43. The molecule has 1 heterocycles. The fraction of sp³-hybridized carbons (Fsp3) is 0.400. The van der Waals surface area contributed by atoms with E-state index in [2.05, 4.69) is 17.6 Å². The Morgan fingerprint density at radius 1 is 1.50 bits per heavy atom. The third kappa shape index (κ3) is 2.05. The number of rotatable bonds is 1. The van der Waals surface area contributed by atoms with Crippen molar-refractivity contribution in [2.45, 2.75) is 11.9 Å². The molecule has 0 saturated heterocycles. The molecule has 0 unspecified atom stereocenters. The second-order valence-electron chi connectivity index (χ2n) is 1.89. The van der Waals surface area contributed by atoms with E-state index in [1.165, 1.54) is 0 Å². The summed E-state index contributed by atoms with van der Waals surface area (Å²) in [5, 5.41) is 0. The normalized spacial score (nSPS) is 12.1. The van der Waals surface area contributed by atoms with Crippen molar-refractivity contribution < 1.29 is 13.2 Å². The summed E-state index contributed by atoms with van der Waals surface area (Å²) in [6.07, 6.45) is -4.43. The first-order chi connectivity index (χ1) is 5.45. The summed E-state index contributed by atoms with van der Waals surface area (Å²) < 4.78 is 36.2. The number of hydrogen-bond acceptors (Lipinski definition) is 3. The Balaban J connectivity index is 3.13. The molecular formula is C5H3ClF3NS2. The molecule has 0 aliphatic carbocycles. The van der Waals surface area contributed by atoms with Crippen LogP contribution in [0.2, 0.25) is 4.47 Å². The maximum absolute atomic E-state index is 12.1. The molecule has 0 atom stereocenters. The Morgan fingerprint density at radius 3 is 2.42 bits per heavy atom. The van der Waals surface area contributed by atoms with Crippen LogP contribution in [0, 0.1) is 0 Å². The van der Waals surface area contributed by atoms with Crippen LogP contribution in [0.4, 0.5) is 13.2 Å². The van der Waals surface area contributed by atoms with Gasteiger partial charge < -0.3 is 0 Å². The van der Waals surface area contributed by atoms with Gasteiger partial charge in [-0.2, -0.15) is 25.8 Å². The Bertz CT molecular complexity index is 283. The van der Waals surface area contributed by atoms with Gasteiger partial charge in [0.2, 0.25) is 0 Å². The number of hydrogen-bond donors (Lipinski definition) is 1. The molecule has 1 rings (SSSR count). The van der Waals surface area contributed by atoms with E-state index < -0.39 is 11.9 Å². The molecule has 0 radical (unpaired) electrons. The van der Waals surface area contributed by atoms with Crippen molar-refractivity contribution in [3.63, 3.8) is 0 Å². The second-order valence-corrected chi connectivity index (χ2v) is 3.88. The van der Waals surface area contributed by atoms with E-state index in [1.54, 1.807) is 0 Å². The SMILES string of the molecule is FC(F)(F)c1nc(Cl)sc1CS. The van der Waals surface area contributed by atoms with Gasteiger partial charge in [0, 0.05) is 10.6 Å². The summed E-state index contributed by atoms with van der Waals surface area (Å²) in [5.74, 6) is -0.000764. The highest BCUT2D eigenvalue weighted by Gasteiger charge is 2.36. The average molecular weight is 234 g/mol. The van der Waals surface area contributed by atoms with E-state index in [1.807, 2.05) is 0 Å². The van der Waals surface area contributed by atoms with E-state index >= 15 is 0 Å². The lowest BCUT2D eigenvalue weighted by Crippen LogP contribution is -2.07. The van der Waals surface area contributed by atoms with Crippen LogP contribution in [0.25, 0.3) is 0 Å². The Labute approximate surface area is 81.0 Å². The molecule has 0 bridgehead atoms. The molecule has 12 heavy (non-hydrogen) atoms. The van der Waals surface area contributed by atoms with Gasteiger partial charge in [-0.1, -0.05) is 11.6 Å². The molecule has 0 aliphatic heterocycles. The number of aromatic nitrogens is 1. The minimum absolute atomic E-state index is 0.000764. The Hall–Kier alpha value is 0.0600. The third-order valence-corrected chi connectivity index (χ3v) is 2.77. The maximum atomic E-state index is 12.1. The molecule has 0 aromatic carbocycles. The highest BCUT2D eigenvalue weighted by molar-refractivity contribution is 7.79. The first kappa shape index (κ1) is 10.1. The largest absolute Gasteiger partial charge is 0.434 e. The van der Waals surface area contributed by atoms with Gasteiger partial charge in [0.15, 0.2) is 10.2 Å². The van der Waals surface area contributed by atoms with Crippen molar-refractivity contribution in [1.29, 1.82) is 0 Å². The molecule has 7 heteroatoms. The highest BCUT2D eigenvalue weighted by Crippen LogP contribution is 2.36. The molecule has 0 amide bonds. The summed E-state index contributed by atoms with van der Waals surface area (Å²) in [6, 6.07) is 0. The van der Waals surface area contributed by atoms with Gasteiger partial charge in [0.05, 0.1) is 0 Å². The molecule has 0 saturated carbocycles. The molecule has 0 spiro atoms. The first-order valence-electron chi connectivity index (χ1n) is 2.78. The summed E-state index contributed by atoms with van der Waals surface area (Å²) >= 11 is 9.86. The number of halogens is 4. The highest BCUT2D eigenvalue weighted by atomic mass is 35.5. The second kappa shape index (κ2) is 3.43. The zero-order valence-electron chi connectivity index (χ0n) is 5.52. The van der Waals surface area contributed by atoms with Crippen molar-refractivity contribution in [1.82, 2.24) is 4.98 Å². The summed E-state index contributed by atoms with van der Waals surface area (Å²) in [6.45, 7) is 0. The minimum Gasteiger partial charge on any atom is -0.220 e. The van der Waals surface area contributed by atoms with Crippen molar-refractivity contribution >= 4 is 35.6 Å². The molecule has 1 aromatic heterocycles. The number of thiol groups is 1. The molecule has 1 aromatic rings. The lowest BCUT2D eigenvalue weighted by atomic mass is 10.4. The average Bonchev–Trinajstić information content (AvgIpc) is 2.29. The monoisotopic (exact) mass is 233 g/mol. The zero-order chi connectivity index (χ0) is 9.35. The van der Waals surface area contributed by atoms with Gasteiger partial charge in [0.25, 0.3) is 0 Å². The molecular weight excluding hydrogens is 231 g/mol. The molecule has 0 fully saturated rings. The van der Waals surface area contributed by atoms with Gasteiger partial charge in [0.1, 0.15) is 0 Å². The smallest absolute Gasteiger partial charge is 0.220 e. The van der Waals surface area contributed by atoms with Gasteiger partial charge in [-0.05, 0) is 0 Å². The maximum Gasteiger partial charge on any atom is 0.434 e. The predicted octanol–water partition coefficient (Wildman–Crippen LogP) is 3.25. The van der Waals surface area contributed by atoms with E-state index in [4.69, 9.17) is 11.6 Å². The standard InChI is InChI=1S/C5H3ClF3NS2/c6-4-10-3(5(7,8)9)2(1-11)12-4/h11H,1H2. The summed E-state index contributed by atoms with van der Waals surface area (Å²) in [5.41, 5.74) is -0.924. The molecule has 0 N–H and O–H groups in total. The van der Waals surface area contributed by atoms with Crippen LogP contribution < -0.4 is 0 Å². The lowest BCUT2D eigenvalue weighted by molar-refractivity contribution is -0.141. The summed E-state index contributed by atoms with van der Waals surface area (Å²) in [4.78, 5) is 3.21. The van der Waals surface area contributed by atoms with Gasteiger partial charge in [-0.3, -0.25) is 0 Å². The lowest BCUT2D eigenvalue weighted by Gasteiger charge is -2.02. The fourth-order valence-electron chi connectivity index (χ4n) is 0.652. The zero-order valence-corrected chi connectivity index (χ0v) is 7.99. The molecule has 68 valence electrons. The fourth-order valence-corrected chi connectivity index (χ4v) is 2.02. The van der Waals surface area contributed by atoms with Crippen molar-refractivity contribution in [2.24, 2.45) is 0 Å². The summed E-state index contributed by atoms with van der Waals surface area (Å²) in [7, 11) is 0. The molecule has 0 aliphatic rings. The Kier molecular flexibility index (Phi) is 2.90. The first-order valence-corrected chi connectivity index (χ1v) is 4.61. The number of thiazole rings is 1. The number of nitrogens with zero attached hydrogens (tertiary/aromatic N) is 1. The topological polar surface area (TPSA) is 12.9 Å².